The maximum absolute atomic E-state index is 12.2. The molecule has 0 fully saturated rings. The number of hydrogen-bond acceptors (Lipinski definition) is 3. The SMILES string of the molecule is COc1cnccc1C(=O)Nc1cc(C)cc(Br)c1. The third-order valence-corrected chi connectivity index (χ3v) is 3.01. The monoisotopic (exact) mass is 320 g/mol. The molecule has 0 radical (unpaired) electrons. The fourth-order valence-electron chi connectivity index (χ4n) is 1.74. The fourth-order valence-corrected chi connectivity index (χ4v) is 2.34. The Bertz CT molecular complexity index is 594. The van der Waals surface area contributed by atoms with Crippen molar-refractivity contribution >= 4 is 27.5 Å². The van der Waals surface area contributed by atoms with Crippen molar-refractivity contribution in [3.8, 4) is 5.75 Å². The Balaban J connectivity index is 2.25. The minimum Gasteiger partial charge on any atom is -0.494 e. The van der Waals surface area contributed by atoms with Crippen molar-refractivity contribution in [3.05, 3.63) is 52.3 Å². The molecule has 5 heteroatoms. The molecule has 19 heavy (non-hydrogen) atoms. The van der Waals surface area contributed by atoms with Crippen molar-refractivity contribution in [3.63, 3.8) is 0 Å². The second-order valence-corrected chi connectivity index (χ2v) is 4.96. The Hall–Kier alpha value is -1.88. The first kappa shape index (κ1) is 13.5. The molecule has 0 saturated carbocycles. The number of halogens is 1. The van der Waals surface area contributed by atoms with E-state index in [-0.39, 0.29) is 5.91 Å². The number of amides is 1. The first-order valence-corrected chi connectivity index (χ1v) is 6.46. The zero-order valence-corrected chi connectivity index (χ0v) is 12.2. The molecule has 0 aliphatic rings. The van der Waals surface area contributed by atoms with Gasteiger partial charge in [0.15, 0.2) is 0 Å². The second kappa shape index (κ2) is 5.84. The van der Waals surface area contributed by atoms with Crippen LogP contribution in [0.15, 0.2) is 41.1 Å². The quantitative estimate of drug-likeness (QED) is 0.942. The fraction of sp³-hybridized carbons (Fsp3) is 0.143. The summed E-state index contributed by atoms with van der Waals surface area (Å²) in [6.07, 6.45) is 3.07. The highest BCUT2D eigenvalue weighted by Gasteiger charge is 2.12. The highest BCUT2D eigenvalue weighted by Crippen LogP contribution is 2.21. The van der Waals surface area contributed by atoms with Gasteiger partial charge in [-0.25, -0.2) is 0 Å². The van der Waals surface area contributed by atoms with Gasteiger partial charge >= 0.3 is 0 Å². The zero-order valence-electron chi connectivity index (χ0n) is 10.6. The van der Waals surface area contributed by atoms with Gasteiger partial charge in [-0.3, -0.25) is 9.78 Å². The van der Waals surface area contributed by atoms with Crippen LogP contribution in [0, 0.1) is 6.92 Å². The Kier molecular flexibility index (Phi) is 4.16. The molecule has 0 bridgehead atoms. The number of aryl methyl sites for hydroxylation is 1. The number of aromatic nitrogens is 1. The van der Waals surface area contributed by atoms with E-state index in [4.69, 9.17) is 4.74 Å². The van der Waals surface area contributed by atoms with E-state index in [9.17, 15) is 4.79 Å². The number of methoxy groups -OCH3 is 1. The summed E-state index contributed by atoms with van der Waals surface area (Å²) in [5.41, 5.74) is 2.25. The number of pyridine rings is 1. The van der Waals surface area contributed by atoms with Gasteiger partial charge in [0.2, 0.25) is 0 Å². The average Bonchev–Trinajstić information content (AvgIpc) is 2.37. The van der Waals surface area contributed by atoms with Crippen LogP contribution < -0.4 is 10.1 Å². The molecule has 0 spiro atoms. The number of rotatable bonds is 3. The Labute approximate surface area is 119 Å². The van der Waals surface area contributed by atoms with Crippen molar-refractivity contribution in [2.24, 2.45) is 0 Å². The molecule has 1 aromatic carbocycles. The van der Waals surface area contributed by atoms with E-state index in [0.717, 1.165) is 15.7 Å². The van der Waals surface area contributed by atoms with Gasteiger partial charge in [0, 0.05) is 16.4 Å². The van der Waals surface area contributed by atoms with E-state index < -0.39 is 0 Å². The van der Waals surface area contributed by atoms with Crippen molar-refractivity contribution in [2.45, 2.75) is 6.92 Å². The predicted octanol–water partition coefficient (Wildman–Crippen LogP) is 3.41. The Morgan fingerprint density at radius 3 is 2.84 bits per heavy atom. The number of nitrogens with one attached hydrogen (secondary N) is 1. The summed E-state index contributed by atoms with van der Waals surface area (Å²) in [4.78, 5) is 16.1. The first-order chi connectivity index (χ1) is 9.10. The molecule has 1 N–H and O–H groups in total. The van der Waals surface area contributed by atoms with Gasteiger partial charge < -0.3 is 10.1 Å². The number of carbonyl (C=O) groups excluding carboxylic acids is 1. The predicted molar refractivity (Wildman–Crippen MR) is 77.6 cm³/mol. The van der Waals surface area contributed by atoms with Crippen LogP contribution in [-0.4, -0.2) is 18.0 Å². The molecule has 98 valence electrons. The lowest BCUT2D eigenvalue weighted by molar-refractivity contribution is 0.102. The van der Waals surface area contributed by atoms with E-state index in [2.05, 4.69) is 26.2 Å². The molecule has 2 rings (SSSR count). The van der Waals surface area contributed by atoms with Crippen molar-refractivity contribution < 1.29 is 9.53 Å². The van der Waals surface area contributed by atoms with E-state index in [1.54, 1.807) is 12.3 Å². The Morgan fingerprint density at radius 2 is 2.16 bits per heavy atom. The van der Waals surface area contributed by atoms with E-state index in [1.165, 1.54) is 13.3 Å². The molecule has 1 aromatic heterocycles. The summed E-state index contributed by atoms with van der Waals surface area (Å²) in [6.45, 7) is 1.97. The lowest BCUT2D eigenvalue weighted by atomic mass is 10.2. The number of anilines is 1. The summed E-state index contributed by atoms with van der Waals surface area (Å²) in [5.74, 6) is 0.225. The third-order valence-electron chi connectivity index (χ3n) is 2.55. The molecule has 4 nitrogen and oxygen atoms in total. The normalized spacial score (nSPS) is 10.1. The highest BCUT2D eigenvalue weighted by molar-refractivity contribution is 9.10. The number of nitrogens with zero attached hydrogens (tertiary/aromatic N) is 1. The van der Waals surface area contributed by atoms with Crippen LogP contribution in [0.4, 0.5) is 5.69 Å². The minimum atomic E-state index is -0.225. The molecule has 0 unspecified atom stereocenters. The van der Waals surface area contributed by atoms with Crippen LogP contribution in [0.25, 0.3) is 0 Å². The van der Waals surface area contributed by atoms with Crippen LogP contribution in [0.2, 0.25) is 0 Å². The van der Waals surface area contributed by atoms with E-state index in [1.807, 2.05) is 25.1 Å². The highest BCUT2D eigenvalue weighted by atomic mass is 79.9. The topological polar surface area (TPSA) is 51.2 Å². The number of benzene rings is 1. The average molecular weight is 321 g/mol. The molecule has 2 aromatic rings. The van der Waals surface area contributed by atoms with Gasteiger partial charge in [0.05, 0.1) is 18.9 Å². The summed E-state index contributed by atoms with van der Waals surface area (Å²) in [5, 5.41) is 2.84. The van der Waals surface area contributed by atoms with Gasteiger partial charge in [-0.05, 0) is 36.8 Å². The summed E-state index contributed by atoms with van der Waals surface area (Å²) < 4.78 is 6.04. The standard InChI is InChI=1S/C14H13BrN2O2/c1-9-5-10(15)7-11(6-9)17-14(18)12-3-4-16-8-13(12)19-2/h3-8H,1-2H3,(H,17,18). The molecule has 0 atom stereocenters. The summed E-state index contributed by atoms with van der Waals surface area (Å²) in [7, 11) is 1.51. The second-order valence-electron chi connectivity index (χ2n) is 4.05. The van der Waals surface area contributed by atoms with Crippen molar-refractivity contribution in [2.75, 3.05) is 12.4 Å². The number of ether oxygens (including phenoxy) is 1. The summed E-state index contributed by atoms with van der Waals surface area (Å²) >= 11 is 3.40. The zero-order chi connectivity index (χ0) is 13.8. The third kappa shape index (κ3) is 3.32. The van der Waals surface area contributed by atoms with Gasteiger partial charge in [0.25, 0.3) is 5.91 Å². The lowest BCUT2D eigenvalue weighted by Gasteiger charge is -2.09. The number of carbonyl (C=O) groups is 1. The van der Waals surface area contributed by atoms with Crippen LogP contribution in [0.5, 0.6) is 5.75 Å². The molecular weight excluding hydrogens is 308 g/mol. The maximum atomic E-state index is 12.2. The molecular formula is C14H13BrN2O2. The Morgan fingerprint density at radius 1 is 1.37 bits per heavy atom. The molecule has 0 saturated heterocycles. The van der Waals surface area contributed by atoms with Crippen LogP contribution in [0.3, 0.4) is 0 Å². The molecule has 0 aliphatic heterocycles. The van der Waals surface area contributed by atoms with E-state index >= 15 is 0 Å². The maximum Gasteiger partial charge on any atom is 0.259 e. The lowest BCUT2D eigenvalue weighted by Crippen LogP contribution is -2.13. The molecule has 1 heterocycles. The smallest absolute Gasteiger partial charge is 0.259 e. The van der Waals surface area contributed by atoms with Crippen LogP contribution >= 0.6 is 15.9 Å². The van der Waals surface area contributed by atoms with Gasteiger partial charge in [-0.15, -0.1) is 0 Å². The van der Waals surface area contributed by atoms with Crippen LogP contribution in [-0.2, 0) is 0 Å². The molecule has 0 aliphatic carbocycles. The molecule has 1 amide bonds. The van der Waals surface area contributed by atoms with Crippen LogP contribution in [0.1, 0.15) is 15.9 Å². The van der Waals surface area contributed by atoms with Crippen molar-refractivity contribution in [1.82, 2.24) is 4.98 Å². The van der Waals surface area contributed by atoms with E-state index in [0.29, 0.717) is 11.3 Å². The largest absolute Gasteiger partial charge is 0.494 e. The minimum absolute atomic E-state index is 0.225. The summed E-state index contributed by atoms with van der Waals surface area (Å²) in [6, 6.07) is 7.34. The van der Waals surface area contributed by atoms with Crippen molar-refractivity contribution in [1.29, 1.82) is 0 Å². The van der Waals surface area contributed by atoms with Gasteiger partial charge in [-0.1, -0.05) is 15.9 Å². The first-order valence-electron chi connectivity index (χ1n) is 5.66. The van der Waals surface area contributed by atoms with Gasteiger partial charge in [-0.2, -0.15) is 0 Å². The number of hydrogen-bond donors (Lipinski definition) is 1. The van der Waals surface area contributed by atoms with Gasteiger partial charge in [0.1, 0.15) is 5.75 Å².